The molecule has 2 aromatic carbocycles. The number of nitrogens with one attached hydrogen (secondary N) is 1. The summed E-state index contributed by atoms with van der Waals surface area (Å²) in [5.41, 5.74) is 2.42. The number of pyridine rings is 1. The Balaban J connectivity index is 1.49. The van der Waals surface area contributed by atoms with E-state index in [0.717, 1.165) is 11.1 Å². The van der Waals surface area contributed by atoms with Gasteiger partial charge in [0, 0.05) is 24.4 Å². The van der Waals surface area contributed by atoms with Gasteiger partial charge in [-0.05, 0) is 42.3 Å². The largest absolute Gasteiger partial charge is 0.493 e. The molecule has 0 bridgehead atoms. The summed E-state index contributed by atoms with van der Waals surface area (Å²) in [5.74, 6) is 0.911. The van der Waals surface area contributed by atoms with Crippen LogP contribution in [0.25, 0.3) is 0 Å². The molecule has 0 aliphatic carbocycles. The Hall–Kier alpha value is -3.87. The fourth-order valence-corrected chi connectivity index (χ4v) is 2.77. The molecule has 0 aliphatic rings. The van der Waals surface area contributed by atoms with E-state index >= 15 is 0 Å². The number of ketones is 1. The lowest BCUT2D eigenvalue weighted by molar-refractivity contribution is -0.123. The van der Waals surface area contributed by atoms with Crippen molar-refractivity contribution in [2.75, 3.05) is 13.7 Å². The molecule has 0 saturated heterocycles. The molecular formula is C24H24N2O5. The number of ether oxygens (including phenoxy) is 3. The maximum atomic E-state index is 12.2. The highest BCUT2D eigenvalue weighted by molar-refractivity contribution is 5.94. The third kappa shape index (κ3) is 6.57. The zero-order valence-corrected chi connectivity index (χ0v) is 17.5. The normalized spacial score (nSPS) is 10.3. The quantitative estimate of drug-likeness (QED) is 0.505. The summed E-state index contributed by atoms with van der Waals surface area (Å²) in [6.45, 7) is 2.02. The lowest BCUT2D eigenvalue weighted by Crippen LogP contribution is -2.28. The van der Waals surface area contributed by atoms with Gasteiger partial charge >= 0.3 is 0 Å². The molecule has 31 heavy (non-hydrogen) atoms. The van der Waals surface area contributed by atoms with Crippen molar-refractivity contribution < 1.29 is 23.8 Å². The van der Waals surface area contributed by atoms with Gasteiger partial charge in [0.25, 0.3) is 5.91 Å². The van der Waals surface area contributed by atoms with Crippen LogP contribution in [0, 0.1) is 0 Å². The predicted octanol–water partition coefficient (Wildman–Crippen LogP) is 3.57. The van der Waals surface area contributed by atoms with Gasteiger partial charge in [0.15, 0.2) is 23.9 Å². The first-order valence-corrected chi connectivity index (χ1v) is 9.75. The van der Waals surface area contributed by atoms with Crippen LogP contribution < -0.4 is 19.5 Å². The van der Waals surface area contributed by atoms with E-state index in [4.69, 9.17) is 14.2 Å². The zero-order chi connectivity index (χ0) is 22.1. The summed E-state index contributed by atoms with van der Waals surface area (Å²) in [4.78, 5) is 27.9. The Morgan fingerprint density at radius 3 is 2.48 bits per heavy atom. The van der Waals surface area contributed by atoms with Crippen LogP contribution in [0.4, 0.5) is 0 Å². The number of hydrogen-bond donors (Lipinski definition) is 1. The molecule has 1 heterocycles. The first-order chi connectivity index (χ1) is 15.0. The van der Waals surface area contributed by atoms with E-state index in [1.54, 1.807) is 36.5 Å². The van der Waals surface area contributed by atoms with E-state index in [2.05, 4.69) is 10.3 Å². The molecule has 0 fully saturated rings. The molecule has 0 unspecified atom stereocenters. The van der Waals surface area contributed by atoms with Gasteiger partial charge in [0.1, 0.15) is 6.61 Å². The molecule has 1 aromatic heterocycles. The van der Waals surface area contributed by atoms with Crippen LogP contribution in [0.15, 0.2) is 66.9 Å². The highest BCUT2D eigenvalue weighted by Crippen LogP contribution is 2.28. The molecule has 0 spiro atoms. The fraction of sp³-hybridized carbons (Fsp3) is 0.208. The summed E-state index contributed by atoms with van der Waals surface area (Å²) in [5, 5.41) is 2.80. The molecule has 3 aromatic rings. The van der Waals surface area contributed by atoms with E-state index in [0.29, 0.717) is 36.1 Å². The van der Waals surface area contributed by atoms with Crippen LogP contribution in [0.5, 0.6) is 17.4 Å². The maximum absolute atomic E-state index is 12.2. The van der Waals surface area contributed by atoms with Crippen molar-refractivity contribution in [2.45, 2.75) is 20.1 Å². The molecule has 1 N–H and O–H groups in total. The van der Waals surface area contributed by atoms with Crippen LogP contribution in [0.3, 0.4) is 0 Å². The van der Waals surface area contributed by atoms with Gasteiger partial charge in [-0.2, -0.15) is 0 Å². The van der Waals surface area contributed by atoms with Gasteiger partial charge in [-0.1, -0.05) is 30.3 Å². The van der Waals surface area contributed by atoms with Crippen molar-refractivity contribution in [3.63, 3.8) is 0 Å². The summed E-state index contributed by atoms with van der Waals surface area (Å²) < 4.78 is 16.5. The molecule has 7 nitrogen and oxygen atoms in total. The van der Waals surface area contributed by atoms with E-state index < -0.39 is 0 Å². The standard InChI is InChI=1S/C24H24N2O5/c1-17(27)20-8-9-21(22(13-20)29-2)30-16-23(28)26-14-19-10-11-25-24(12-19)31-15-18-6-4-3-5-7-18/h3-13H,14-16H2,1-2H3,(H,26,28). The fourth-order valence-electron chi connectivity index (χ4n) is 2.77. The minimum Gasteiger partial charge on any atom is -0.493 e. The number of nitrogens with zero attached hydrogens (tertiary/aromatic N) is 1. The van der Waals surface area contributed by atoms with Crippen LogP contribution in [-0.2, 0) is 17.9 Å². The minimum atomic E-state index is -0.290. The highest BCUT2D eigenvalue weighted by atomic mass is 16.5. The van der Waals surface area contributed by atoms with E-state index in [9.17, 15) is 9.59 Å². The Bertz CT molecular complexity index is 1040. The monoisotopic (exact) mass is 420 g/mol. The third-order valence-electron chi connectivity index (χ3n) is 4.45. The van der Waals surface area contributed by atoms with Gasteiger partial charge in [-0.25, -0.2) is 4.98 Å². The molecule has 0 radical (unpaired) electrons. The van der Waals surface area contributed by atoms with Crippen molar-refractivity contribution in [3.8, 4) is 17.4 Å². The first-order valence-electron chi connectivity index (χ1n) is 9.75. The summed E-state index contributed by atoms with van der Waals surface area (Å²) in [6, 6.07) is 18.2. The third-order valence-corrected chi connectivity index (χ3v) is 4.45. The Morgan fingerprint density at radius 2 is 1.74 bits per heavy atom. The topological polar surface area (TPSA) is 86.8 Å². The van der Waals surface area contributed by atoms with Gasteiger partial charge in [-0.15, -0.1) is 0 Å². The Morgan fingerprint density at radius 1 is 0.935 bits per heavy atom. The molecule has 0 atom stereocenters. The SMILES string of the molecule is COc1cc(C(C)=O)ccc1OCC(=O)NCc1ccnc(OCc2ccccc2)c1. The van der Waals surface area contributed by atoms with Crippen LogP contribution in [0.2, 0.25) is 0 Å². The molecule has 160 valence electrons. The number of aromatic nitrogens is 1. The summed E-state index contributed by atoms with van der Waals surface area (Å²) in [6.07, 6.45) is 1.64. The predicted molar refractivity (Wildman–Crippen MR) is 115 cm³/mol. The molecule has 3 rings (SSSR count). The number of carbonyl (C=O) groups is 2. The molecule has 7 heteroatoms. The van der Waals surface area contributed by atoms with E-state index in [1.807, 2.05) is 30.3 Å². The van der Waals surface area contributed by atoms with E-state index in [1.165, 1.54) is 14.0 Å². The second kappa shape index (κ2) is 10.8. The van der Waals surface area contributed by atoms with Crippen LogP contribution >= 0.6 is 0 Å². The number of carbonyl (C=O) groups excluding carboxylic acids is 2. The lowest BCUT2D eigenvalue weighted by atomic mass is 10.1. The van der Waals surface area contributed by atoms with Gasteiger partial charge in [0.2, 0.25) is 5.88 Å². The van der Waals surface area contributed by atoms with Crippen molar-refractivity contribution in [1.29, 1.82) is 0 Å². The van der Waals surface area contributed by atoms with Crippen LogP contribution in [-0.4, -0.2) is 30.4 Å². The number of rotatable bonds is 10. The first kappa shape index (κ1) is 21.8. The maximum Gasteiger partial charge on any atom is 0.258 e. The number of benzene rings is 2. The van der Waals surface area contributed by atoms with Gasteiger partial charge in [0.05, 0.1) is 7.11 Å². The zero-order valence-electron chi connectivity index (χ0n) is 17.5. The average Bonchev–Trinajstić information content (AvgIpc) is 2.80. The van der Waals surface area contributed by atoms with Gasteiger partial charge in [-0.3, -0.25) is 9.59 Å². The van der Waals surface area contributed by atoms with Crippen molar-refractivity contribution in [2.24, 2.45) is 0 Å². The minimum absolute atomic E-state index is 0.0768. The molecular weight excluding hydrogens is 396 g/mol. The number of hydrogen-bond acceptors (Lipinski definition) is 6. The second-order valence-electron chi connectivity index (χ2n) is 6.76. The van der Waals surface area contributed by atoms with Crippen molar-refractivity contribution >= 4 is 11.7 Å². The molecule has 0 saturated carbocycles. The van der Waals surface area contributed by atoms with Crippen LogP contribution in [0.1, 0.15) is 28.4 Å². The van der Waals surface area contributed by atoms with Crippen molar-refractivity contribution in [1.82, 2.24) is 10.3 Å². The average molecular weight is 420 g/mol. The second-order valence-corrected chi connectivity index (χ2v) is 6.76. The Labute approximate surface area is 181 Å². The molecule has 0 aliphatic heterocycles. The highest BCUT2D eigenvalue weighted by Gasteiger charge is 2.10. The smallest absolute Gasteiger partial charge is 0.258 e. The summed E-state index contributed by atoms with van der Waals surface area (Å²) in [7, 11) is 1.48. The number of Topliss-reactive ketones (excluding diaryl/α,β-unsaturated/α-hetero) is 1. The van der Waals surface area contributed by atoms with Crippen molar-refractivity contribution in [3.05, 3.63) is 83.6 Å². The molecule has 1 amide bonds. The van der Waals surface area contributed by atoms with E-state index in [-0.39, 0.29) is 18.3 Å². The summed E-state index contributed by atoms with van der Waals surface area (Å²) >= 11 is 0. The Kier molecular flexibility index (Phi) is 7.59. The lowest BCUT2D eigenvalue weighted by Gasteiger charge is -2.12. The number of amides is 1. The number of methoxy groups -OCH3 is 1. The van der Waals surface area contributed by atoms with Gasteiger partial charge < -0.3 is 19.5 Å².